The lowest BCUT2D eigenvalue weighted by atomic mass is 10.3. The topological polar surface area (TPSA) is 50.2 Å². The lowest BCUT2D eigenvalue weighted by molar-refractivity contribution is 0.0696. The van der Waals surface area contributed by atoms with Crippen LogP contribution in [0.25, 0.3) is 0 Å². The number of hydrogen-bond acceptors (Lipinski definition) is 4. The molecule has 0 aliphatic rings. The molecule has 0 spiro atoms. The van der Waals surface area contributed by atoms with Gasteiger partial charge in [-0.15, -0.1) is 11.7 Å². The molecule has 0 unspecified atom stereocenters. The lowest BCUT2D eigenvalue weighted by Crippen LogP contribution is -1.96. The normalized spacial score (nSPS) is 9.55. The molecule has 11 heavy (non-hydrogen) atoms. The molecule has 0 aliphatic heterocycles. The van der Waals surface area contributed by atoms with Gasteiger partial charge in [0.05, 0.1) is 5.56 Å². The highest BCUT2D eigenvalue weighted by Gasteiger charge is 2.02. The monoisotopic (exact) mass is 187 g/mol. The quantitative estimate of drug-likeness (QED) is 0.546. The molecule has 0 radical (unpaired) electrons. The van der Waals surface area contributed by atoms with E-state index in [-0.39, 0.29) is 5.56 Å². The van der Waals surface area contributed by atoms with Crippen molar-refractivity contribution in [2.24, 2.45) is 0 Å². The molecule has 1 heterocycles. The molecule has 0 amide bonds. The Hall–Kier alpha value is -0.680. The summed E-state index contributed by atoms with van der Waals surface area (Å²) < 4.78 is 0. The van der Waals surface area contributed by atoms with Crippen LogP contribution in [0.15, 0.2) is 23.4 Å². The number of aromatic nitrogens is 1. The molecule has 0 aromatic carbocycles. The van der Waals surface area contributed by atoms with Crippen molar-refractivity contribution in [3.05, 3.63) is 23.9 Å². The van der Waals surface area contributed by atoms with Crippen molar-refractivity contribution in [1.82, 2.24) is 4.98 Å². The van der Waals surface area contributed by atoms with E-state index in [0.717, 1.165) is 10.8 Å². The van der Waals surface area contributed by atoms with Crippen LogP contribution in [0.4, 0.5) is 0 Å². The van der Waals surface area contributed by atoms with Crippen LogP contribution in [0.1, 0.15) is 10.4 Å². The van der Waals surface area contributed by atoms with Gasteiger partial charge in [-0.2, -0.15) is 0 Å². The van der Waals surface area contributed by atoms with Crippen LogP contribution < -0.4 is 0 Å². The highest BCUT2D eigenvalue weighted by Crippen LogP contribution is 2.18. The number of nitrogens with zero attached hydrogens (tertiary/aromatic N) is 1. The summed E-state index contributed by atoms with van der Waals surface area (Å²) in [4.78, 5) is 14.3. The van der Waals surface area contributed by atoms with E-state index < -0.39 is 5.97 Å². The summed E-state index contributed by atoms with van der Waals surface area (Å²) in [7, 11) is 1.12. The van der Waals surface area contributed by atoms with Crippen LogP contribution in [0.5, 0.6) is 0 Å². The van der Waals surface area contributed by atoms with Gasteiger partial charge in [-0.3, -0.25) is 0 Å². The highest BCUT2D eigenvalue weighted by atomic mass is 33.1. The van der Waals surface area contributed by atoms with E-state index in [1.807, 2.05) is 0 Å². The molecule has 0 atom stereocenters. The number of thiol groups is 1. The summed E-state index contributed by atoms with van der Waals surface area (Å²) in [5.74, 6) is -0.948. The second kappa shape index (κ2) is 3.64. The van der Waals surface area contributed by atoms with E-state index in [4.69, 9.17) is 5.11 Å². The predicted octanol–water partition coefficient (Wildman–Crippen LogP) is 1.72. The maximum absolute atomic E-state index is 10.4. The number of carbonyl (C=O) groups is 1. The fourth-order valence-corrected chi connectivity index (χ4v) is 1.18. The van der Waals surface area contributed by atoms with Gasteiger partial charge >= 0.3 is 5.97 Å². The first kappa shape index (κ1) is 8.42. The van der Waals surface area contributed by atoms with Gasteiger partial charge in [0.1, 0.15) is 5.03 Å². The predicted molar refractivity (Wildman–Crippen MR) is 46.0 cm³/mol. The second-order valence-corrected chi connectivity index (χ2v) is 2.93. The summed E-state index contributed by atoms with van der Waals surface area (Å²) in [6, 6.07) is 2.91. The lowest BCUT2D eigenvalue weighted by Gasteiger charge is -1.95. The van der Waals surface area contributed by atoms with E-state index in [2.05, 4.69) is 16.6 Å². The molecule has 0 saturated heterocycles. The Morgan fingerprint density at radius 2 is 2.45 bits per heavy atom. The molecule has 58 valence electrons. The molecule has 1 rings (SSSR count). The average molecular weight is 187 g/mol. The van der Waals surface area contributed by atoms with E-state index in [9.17, 15) is 4.79 Å². The number of carboxylic acids is 1. The molecule has 5 heteroatoms. The van der Waals surface area contributed by atoms with Crippen molar-refractivity contribution >= 4 is 28.4 Å². The van der Waals surface area contributed by atoms with E-state index in [0.29, 0.717) is 5.03 Å². The summed E-state index contributed by atoms with van der Waals surface area (Å²) in [6.45, 7) is 0. The zero-order valence-electron chi connectivity index (χ0n) is 5.39. The minimum atomic E-state index is -0.948. The summed E-state index contributed by atoms with van der Waals surface area (Å²) in [5.41, 5.74) is 0.233. The Labute approximate surface area is 72.6 Å². The first-order chi connectivity index (χ1) is 5.24. The third-order valence-corrected chi connectivity index (χ3v) is 2.05. The highest BCUT2D eigenvalue weighted by molar-refractivity contribution is 8.68. The van der Waals surface area contributed by atoms with Gasteiger partial charge in [-0.05, 0) is 22.9 Å². The molecule has 1 aromatic heterocycles. The number of aromatic carboxylic acids is 1. The van der Waals surface area contributed by atoms with Gasteiger partial charge in [0, 0.05) is 6.20 Å². The maximum Gasteiger partial charge on any atom is 0.335 e. The van der Waals surface area contributed by atoms with Crippen molar-refractivity contribution in [1.29, 1.82) is 0 Å². The zero-order chi connectivity index (χ0) is 8.27. The van der Waals surface area contributed by atoms with Gasteiger partial charge in [0.15, 0.2) is 0 Å². The Morgan fingerprint density at radius 1 is 1.73 bits per heavy atom. The van der Waals surface area contributed by atoms with Crippen LogP contribution in [-0.4, -0.2) is 16.1 Å². The van der Waals surface area contributed by atoms with Gasteiger partial charge in [0.25, 0.3) is 0 Å². The van der Waals surface area contributed by atoms with Gasteiger partial charge in [0.2, 0.25) is 0 Å². The van der Waals surface area contributed by atoms with E-state index in [1.165, 1.54) is 18.3 Å². The van der Waals surface area contributed by atoms with E-state index in [1.54, 1.807) is 0 Å². The number of pyridine rings is 1. The third-order valence-electron chi connectivity index (χ3n) is 1.08. The largest absolute Gasteiger partial charge is 0.478 e. The molecule has 0 saturated carbocycles. The first-order valence-corrected chi connectivity index (χ1v) is 4.61. The van der Waals surface area contributed by atoms with Crippen molar-refractivity contribution < 1.29 is 9.90 Å². The van der Waals surface area contributed by atoms with E-state index >= 15 is 0 Å². The second-order valence-electron chi connectivity index (χ2n) is 1.78. The average Bonchev–Trinajstić information content (AvgIpc) is 2.05. The fraction of sp³-hybridized carbons (Fsp3) is 0. The molecule has 1 N–H and O–H groups in total. The van der Waals surface area contributed by atoms with Crippen molar-refractivity contribution in [3.63, 3.8) is 0 Å². The van der Waals surface area contributed by atoms with Crippen LogP contribution in [0.2, 0.25) is 0 Å². The molecular weight excluding hydrogens is 182 g/mol. The van der Waals surface area contributed by atoms with Crippen LogP contribution in [0.3, 0.4) is 0 Å². The molecular formula is C6H5NO2S2. The summed E-state index contributed by atoms with van der Waals surface area (Å²) >= 11 is 3.89. The SMILES string of the molecule is O=C(O)c1ccnc(SS)c1. The number of rotatable bonds is 2. The van der Waals surface area contributed by atoms with Gasteiger partial charge in [-0.25, -0.2) is 9.78 Å². The third kappa shape index (κ3) is 2.13. The van der Waals surface area contributed by atoms with Crippen molar-refractivity contribution in [3.8, 4) is 0 Å². The number of carboxylic acid groups (broad SMARTS) is 1. The van der Waals surface area contributed by atoms with Crippen LogP contribution >= 0.6 is 22.5 Å². The van der Waals surface area contributed by atoms with Gasteiger partial charge < -0.3 is 5.11 Å². The Bertz CT molecular complexity index is 277. The number of hydrogen-bond donors (Lipinski definition) is 2. The smallest absolute Gasteiger partial charge is 0.335 e. The molecule has 1 aromatic rings. The molecule has 0 aliphatic carbocycles. The molecule has 0 bridgehead atoms. The maximum atomic E-state index is 10.4. The minimum absolute atomic E-state index is 0.233. The minimum Gasteiger partial charge on any atom is -0.478 e. The Kier molecular flexibility index (Phi) is 2.78. The Morgan fingerprint density at radius 3 is 3.00 bits per heavy atom. The zero-order valence-corrected chi connectivity index (χ0v) is 7.10. The Balaban J connectivity index is 3.01. The summed E-state index contributed by atoms with van der Waals surface area (Å²) in [5, 5.41) is 9.13. The molecule has 3 nitrogen and oxygen atoms in total. The first-order valence-electron chi connectivity index (χ1n) is 2.75. The van der Waals surface area contributed by atoms with Crippen LogP contribution in [-0.2, 0) is 0 Å². The standard InChI is InChI=1S/C6H5NO2S2/c8-6(9)4-1-2-7-5(3-4)11-10/h1-3,10H,(H,8,9). The van der Waals surface area contributed by atoms with Crippen molar-refractivity contribution in [2.45, 2.75) is 5.03 Å². The summed E-state index contributed by atoms with van der Waals surface area (Å²) in [6.07, 6.45) is 1.45. The van der Waals surface area contributed by atoms with Gasteiger partial charge in [-0.1, -0.05) is 0 Å². The fourth-order valence-electron chi connectivity index (χ4n) is 0.592. The van der Waals surface area contributed by atoms with Crippen molar-refractivity contribution in [2.75, 3.05) is 0 Å². The molecule has 0 fully saturated rings. The van der Waals surface area contributed by atoms with Crippen LogP contribution in [0, 0.1) is 0 Å².